The van der Waals surface area contributed by atoms with Crippen LogP contribution in [0.15, 0.2) is 54.7 Å². The molecule has 5 nitrogen and oxygen atoms in total. The van der Waals surface area contributed by atoms with Gasteiger partial charge in [0.15, 0.2) is 5.69 Å². The standard InChI is InChI=1S/C19H15F4N3O2/c1-28-16-7-4-13(20)10-15(16)18(27)24-11-12-2-5-14(6-3-12)26-9-8-17(25-26)19(21,22)23/h2-10H,11H2,1H3,(H,24,27). The molecule has 0 radical (unpaired) electrons. The molecule has 9 heteroatoms. The summed E-state index contributed by atoms with van der Waals surface area (Å²) in [6.45, 7) is 0.145. The second-order valence-corrected chi connectivity index (χ2v) is 5.84. The Morgan fingerprint density at radius 2 is 1.86 bits per heavy atom. The van der Waals surface area contributed by atoms with Crippen LogP contribution >= 0.6 is 0 Å². The molecule has 0 saturated heterocycles. The zero-order chi connectivity index (χ0) is 20.3. The summed E-state index contributed by atoms with van der Waals surface area (Å²) in [5.74, 6) is -0.830. The van der Waals surface area contributed by atoms with Crippen LogP contribution in [0.1, 0.15) is 21.6 Å². The summed E-state index contributed by atoms with van der Waals surface area (Å²) in [5, 5.41) is 6.14. The van der Waals surface area contributed by atoms with Gasteiger partial charge in [-0.25, -0.2) is 9.07 Å². The van der Waals surface area contributed by atoms with E-state index in [1.165, 1.54) is 25.4 Å². The molecule has 0 saturated carbocycles. The molecule has 0 spiro atoms. The van der Waals surface area contributed by atoms with E-state index in [0.717, 1.165) is 16.8 Å². The van der Waals surface area contributed by atoms with Crippen molar-refractivity contribution in [1.82, 2.24) is 15.1 Å². The van der Waals surface area contributed by atoms with E-state index in [1.807, 2.05) is 0 Å². The summed E-state index contributed by atoms with van der Waals surface area (Å²) in [6.07, 6.45) is -3.29. The molecule has 0 aliphatic rings. The van der Waals surface area contributed by atoms with Crippen molar-refractivity contribution in [3.8, 4) is 11.4 Å². The number of nitrogens with one attached hydrogen (secondary N) is 1. The Morgan fingerprint density at radius 3 is 2.46 bits per heavy atom. The summed E-state index contributed by atoms with van der Waals surface area (Å²) in [7, 11) is 1.38. The zero-order valence-corrected chi connectivity index (χ0v) is 14.6. The minimum Gasteiger partial charge on any atom is -0.496 e. The highest BCUT2D eigenvalue weighted by Gasteiger charge is 2.33. The molecule has 146 valence electrons. The van der Waals surface area contributed by atoms with Gasteiger partial charge in [-0.3, -0.25) is 4.79 Å². The normalized spacial score (nSPS) is 11.3. The lowest BCUT2D eigenvalue weighted by atomic mass is 10.1. The van der Waals surface area contributed by atoms with Gasteiger partial charge in [0.25, 0.3) is 5.91 Å². The number of aromatic nitrogens is 2. The van der Waals surface area contributed by atoms with Crippen LogP contribution in [0.25, 0.3) is 5.69 Å². The number of hydrogen-bond acceptors (Lipinski definition) is 3. The van der Waals surface area contributed by atoms with Crippen LogP contribution in [0.5, 0.6) is 5.75 Å². The summed E-state index contributed by atoms with van der Waals surface area (Å²) in [4.78, 5) is 12.3. The molecule has 1 amide bonds. The maximum atomic E-state index is 13.4. The van der Waals surface area contributed by atoms with Crippen LogP contribution in [0.2, 0.25) is 0 Å². The van der Waals surface area contributed by atoms with Crippen LogP contribution in [0.4, 0.5) is 17.6 Å². The lowest BCUT2D eigenvalue weighted by Crippen LogP contribution is -2.23. The molecular weight excluding hydrogens is 378 g/mol. The Bertz CT molecular complexity index is 982. The van der Waals surface area contributed by atoms with Gasteiger partial charge in [-0.1, -0.05) is 12.1 Å². The first-order valence-electron chi connectivity index (χ1n) is 8.12. The zero-order valence-electron chi connectivity index (χ0n) is 14.6. The Morgan fingerprint density at radius 1 is 1.14 bits per heavy atom. The number of halogens is 4. The maximum Gasteiger partial charge on any atom is 0.435 e. The third-order valence-electron chi connectivity index (χ3n) is 3.94. The van der Waals surface area contributed by atoms with Crippen LogP contribution in [-0.4, -0.2) is 22.8 Å². The SMILES string of the molecule is COc1ccc(F)cc1C(=O)NCc1ccc(-n2ccc(C(F)(F)F)n2)cc1. The number of rotatable bonds is 5. The van der Waals surface area contributed by atoms with E-state index in [0.29, 0.717) is 11.3 Å². The number of carbonyl (C=O) groups is 1. The van der Waals surface area contributed by atoms with Gasteiger partial charge in [-0.15, -0.1) is 0 Å². The van der Waals surface area contributed by atoms with Crippen LogP contribution in [0, 0.1) is 5.82 Å². The molecule has 1 aromatic heterocycles. The van der Waals surface area contributed by atoms with Gasteiger partial charge in [-0.05, 0) is 42.0 Å². The summed E-state index contributed by atoms with van der Waals surface area (Å²) < 4.78 is 57.4. The minimum absolute atomic E-state index is 0.0651. The number of benzene rings is 2. The number of ether oxygens (including phenoxy) is 1. The van der Waals surface area contributed by atoms with Crippen molar-refractivity contribution in [2.75, 3.05) is 7.11 Å². The summed E-state index contributed by atoms with van der Waals surface area (Å²) in [6, 6.07) is 11.0. The predicted octanol–water partition coefficient (Wildman–Crippen LogP) is 3.97. The second-order valence-electron chi connectivity index (χ2n) is 5.84. The Balaban J connectivity index is 1.67. The fourth-order valence-electron chi connectivity index (χ4n) is 2.52. The minimum atomic E-state index is -4.51. The summed E-state index contributed by atoms with van der Waals surface area (Å²) >= 11 is 0. The molecule has 2 aromatic carbocycles. The molecule has 0 unspecified atom stereocenters. The first-order chi connectivity index (χ1) is 13.3. The monoisotopic (exact) mass is 393 g/mol. The van der Waals surface area contributed by atoms with Crippen molar-refractivity contribution in [2.45, 2.75) is 12.7 Å². The number of amides is 1. The van der Waals surface area contributed by atoms with Crippen molar-refractivity contribution in [2.24, 2.45) is 0 Å². The molecule has 1 heterocycles. The molecule has 3 rings (SSSR count). The molecule has 1 N–H and O–H groups in total. The number of alkyl halides is 3. The van der Waals surface area contributed by atoms with Gasteiger partial charge >= 0.3 is 6.18 Å². The van der Waals surface area contributed by atoms with Crippen molar-refractivity contribution >= 4 is 5.91 Å². The van der Waals surface area contributed by atoms with Gasteiger partial charge in [0.05, 0.1) is 18.4 Å². The average Bonchev–Trinajstić information content (AvgIpc) is 3.17. The van der Waals surface area contributed by atoms with Crippen molar-refractivity contribution < 1.29 is 27.1 Å². The fourth-order valence-corrected chi connectivity index (χ4v) is 2.52. The Labute approximate surface area is 157 Å². The fraction of sp³-hybridized carbons (Fsp3) is 0.158. The van der Waals surface area contributed by atoms with E-state index in [9.17, 15) is 22.4 Å². The lowest BCUT2D eigenvalue weighted by molar-refractivity contribution is -0.141. The average molecular weight is 393 g/mol. The van der Waals surface area contributed by atoms with Crippen LogP contribution in [-0.2, 0) is 12.7 Å². The Hall–Kier alpha value is -3.36. The second kappa shape index (κ2) is 7.71. The van der Waals surface area contributed by atoms with E-state index in [4.69, 9.17) is 4.74 Å². The summed E-state index contributed by atoms with van der Waals surface area (Å²) in [5.41, 5.74) is 0.233. The van der Waals surface area contributed by atoms with E-state index in [-0.39, 0.29) is 17.9 Å². The third kappa shape index (κ3) is 4.30. The third-order valence-corrected chi connectivity index (χ3v) is 3.94. The topological polar surface area (TPSA) is 56.1 Å². The van der Waals surface area contributed by atoms with Crippen molar-refractivity contribution in [3.05, 3.63) is 77.4 Å². The van der Waals surface area contributed by atoms with Gasteiger partial charge in [0, 0.05) is 12.7 Å². The van der Waals surface area contributed by atoms with Gasteiger partial charge in [0.1, 0.15) is 11.6 Å². The predicted molar refractivity (Wildman–Crippen MR) is 92.7 cm³/mol. The van der Waals surface area contributed by atoms with E-state index in [2.05, 4.69) is 10.4 Å². The van der Waals surface area contributed by atoms with E-state index < -0.39 is 23.6 Å². The smallest absolute Gasteiger partial charge is 0.435 e. The Kier molecular flexibility index (Phi) is 5.34. The van der Waals surface area contributed by atoms with Crippen molar-refractivity contribution in [3.63, 3.8) is 0 Å². The molecular formula is C19H15F4N3O2. The van der Waals surface area contributed by atoms with Gasteiger partial charge < -0.3 is 10.1 Å². The highest BCUT2D eigenvalue weighted by Crippen LogP contribution is 2.28. The van der Waals surface area contributed by atoms with Crippen molar-refractivity contribution in [1.29, 1.82) is 0 Å². The molecule has 0 bridgehead atoms. The first-order valence-corrected chi connectivity index (χ1v) is 8.12. The number of carbonyl (C=O) groups excluding carboxylic acids is 1. The van der Waals surface area contributed by atoms with E-state index in [1.54, 1.807) is 24.3 Å². The maximum absolute atomic E-state index is 13.4. The largest absolute Gasteiger partial charge is 0.496 e. The number of hydrogen-bond donors (Lipinski definition) is 1. The lowest BCUT2D eigenvalue weighted by Gasteiger charge is -2.10. The number of nitrogens with zero attached hydrogens (tertiary/aromatic N) is 2. The highest BCUT2D eigenvalue weighted by molar-refractivity contribution is 5.96. The van der Waals surface area contributed by atoms with E-state index >= 15 is 0 Å². The van der Waals surface area contributed by atoms with Crippen LogP contribution < -0.4 is 10.1 Å². The molecule has 0 aliphatic heterocycles. The van der Waals surface area contributed by atoms with Crippen LogP contribution in [0.3, 0.4) is 0 Å². The number of methoxy groups -OCH3 is 1. The molecule has 28 heavy (non-hydrogen) atoms. The molecule has 0 fully saturated rings. The molecule has 3 aromatic rings. The van der Waals surface area contributed by atoms with Gasteiger partial charge in [-0.2, -0.15) is 18.3 Å². The molecule has 0 atom stereocenters. The highest BCUT2D eigenvalue weighted by atomic mass is 19.4. The first kappa shape index (κ1) is 19.4. The molecule has 0 aliphatic carbocycles. The van der Waals surface area contributed by atoms with Gasteiger partial charge in [0.2, 0.25) is 0 Å². The quantitative estimate of drug-likeness (QED) is 0.668.